The summed E-state index contributed by atoms with van der Waals surface area (Å²) in [7, 11) is 0. The van der Waals surface area contributed by atoms with Gasteiger partial charge in [0.25, 0.3) is 0 Å². The highest BCUT2D eigenvalue weighted by molar-refractivity contribution is 6.11. The summed E-state index contributed by atoms with van der Waals surface area (Å²) < 4.78 is 0. The van der Waals surface area contributed by atoms with Crippen molar-refractivity contribution in [3.8, 4) is 0 Å². The smallest absolute Gasteiger partial charge is 0.247 e. The van der Waals surface area contributed by atoms with E-state index in [1.54, 1.807) is 12.1 Å². The van der Waals surface area contributed by atoms with Crippen molar-refractivity contribution >= 4 is 35.0 Å². The zero-order valence-electron chi connectivity index (χ0n) is 18.1. The standard InChI is InChI=1S/C26H25N3O4/c30-23(16-28-25(32)19-11-5-6-12-20(19)26(28)33)29-21-13-7-4-8-17(21)14-15-22(29)24(31)27-18-9-2-1-3-10-18/h1-10,13,19-20,22H,11-12,14-16H2,(H,27,31). The van der Waals surface area contributed by atoms with Crippen LogP contribution in [0.1, 0.15) is 24.8 Å². The third-order valence-electron chi connectivity index (χ3n) is 6.75. The number of benzene rings is 2. The summed E-state index contributed by atoms with van der Waals surface area (Å²) in [6.45, 7) is -0.353. The summed E-state index contributed by atoms with van der Waals surface area (Å²) in [5, 5.41) is 2.89. The molecule has 0 spiro atoms. The summed E-state index contributed by atoms with van der Waals surface area (Å²) >= 11 is 0. The lowest BCUT2D eigenvalue weighted by Gasteiger charge is -2.37. The first-order valence-corrected chi connectivity index (χ1v) is 11.3. The molecule has 1 fully saturated rings. The van der Waals surface area contributed by atoms with Gasteiger partial charge >= 0.3 is 0 Å². The van der Waals surface area contributed by atoms with Gasteiger partial charge in [0, 0.05) is 11.4 Å². The summed E-state index contributed by atoms with van der Waals surface area (Å²) in [6, 6.07) is 15.8. The van der Waals surface area contributed by atoms with Gasteiger partial charge in [-0.05, 0) is 49.4 Å². The molecule has 1 aliphatic carbocycles. The number of nitrogens with zero attached hydrogens (tertiary/aromatic N) is 2. The number of anilines is 2. The van der Waals surface area contributed by atoms with Crippen LogP contribution in [0.4, 0.5) is 11.4 Å². The van der Waals surface area contributed by atoms with E-state index in [0.717, 1.165) is 10.5 Å². The highest BCUT2D eigenvalue weighted by atomic mass is 16.2. The number of nitrogens with one attached hydrogen (secondary N) is 1. The fraction of sp³-hybridized carbons (Fsp3) is 0.308. The van der Waals surface area contributed by atoms with Gasteiger partial charge in [-0.25, -0.2) is 0 Å². The van der Waals surface area contributed by atoms with E-state index in [2.05, 4.69) is 5.32 Å². The second kappa shape index (κ2) is 8.65. The lowest BCUT2D eigenvalue weighted by atomic mass is 9.85. The van der Waals surface area contributed by atoms with Crippen LogP contribution in [0.15, 0.2) is 66.7 Å². The minimum Gasteiger partial charge on any atom is -0.324 e. The van der Waals surface area contributed by atoms with Gasteiger partial charge in [0.05, 0.1) is 11.8 Å². The van der Waals surface area contributed by atoms with Crippen LogP contribution in [0.2, 0.25) is 0 Å². The van der Waals surface area contributed by atoms with E-state index in [-0.39, 0.29) is 36.1 Å². The van der Waals surface area contributed by atoms with E-state index in [1.165, 1.54) is 4.90 Å². The number of allylic oxidation sites excluding steroid dienone is 2. The topological polar surface area (TPSA) is 86.8 Å². The first-order valence-electron chi connectivity index (χ1n) is 11.3. The normalized spacial score (nSPS) is 23.8. The van der Waals surface area contributed by atoms with Crippen molar-refractivity contribution in [1.29, 1.82) is 0 Å². The molecule has 0 bridgehead atoms. The number of fused-ring (bicyclic) bond motifs is 2. The number of hydrogen-bond donors (Lipinski definition) is 1. The van der Waals surface area contributed by atoms with Gasteiger partial charge in [0.2, 0.25) is 23.6 Å². The molecule has 2 aromatic carbocycles. The van der Waals surface area contributed by atoms with Gasteiger partial charge in [-0.1, -0.05) is 48.6 Å². The average molecular weight is 444 g/mol. The number of likely N-dealkylation sites (tertiary alicyclic amines) is 1. The Hall–Kier alpha value is -3.74. The van der Waals surface area contributed by atoms with Crippen molar-refractivity contribution in [3.63, 3.8) is 0 Å². The molecule has 3 atom stereocenters. The Morgan fingerprint density at radius 1 is 0.879 bits per heavy atom. The Bertz CT molecular complexity index is 1120. The Kier molecular flexibility index (Phi) is 5.54. The number of para-hydroxylation sites is 2. The number of carbonyl (C=O) groups excluding carboxylic acids is 4. The van der Waals surface area contributed by atoms with Crippen molar-refractivity contribution < 1.29 is 19.2 Å². The maximum absolute atomic E-state index is 13.6. The van der Waals surface area contributed by atoms with Crippen LogP contribution in [-0.2, 0) is 25.6 Å². The first-order chi connectivity index (χ1) is 16.0. The fourth-order valence-corrected chi connectivity index (χ4v) is 5.09. The molecule has 168 valence electrons. The number of hydrogen-bond acceptors (Lipinski definition) is 4. The van der Waals surface area contributed by atoms with E-state index in [9.17, 15) is 19.2 Å². The van der Waals surface area contributed by atoms with Crippen molar-refractivity contribution in [3.05, 3.63) is 72.3 Å². The summed E-state index contributed by atoms with van der Waals surface area (Å²) in [6.07, 6.45) is 6.00. The average Bonchev–Trinajstić information content (AvgIpc) is 3.08. The van der Waals surface area contributed by atoms with Crippen LogP contribution >= 0.6 is 0 Å². The minimum absolute atomic E-state index is 0.291. The Morgan fingerprint density at radius 2 is 1.52 bits per heavy atom. The lowest BCUT2D eigenvalue weighted by molar-refractivity contribution is -0.143. The Labute approximate surface area is 192 Å². The number of rotatable bonds is 4. The second-order valence-corrected chi connectivity index (χ2v) is 8.72. The number of amides is 4. The maximum atomic E-state index is 13.6. The number of carbonyl (C=O) groups is 4. The van der Waals surface area contributed by atoms with E-state index in [4.69, 9.17) is 0 Å². The molecule has 3 aliphatic rings. The zero-order chi connectivity index (χ0) is 22.9. The summed E-state index contributed by atoms with van der Waals surface area (Å²) in [5.74, 6) is -2.08. The predicted octanol–water partition coefficient (Wildman–Crippen LogP) is 2.92. The van der Waals surface area contributed by atoms with Crippen LogP contribution in [0.5, 0.6) is 0 Å². The largest absolute Gasteiger partial charge is 0.324 e. The van der Waals surface area contributed by atoms with Crippen molar-refractivity contribution in [2.75, 3.05) is 16.8 Å². The molecule has 7 nitrogen and oxygen atoms in total. The highest BCUT2D eigenvalue weighted by Gasteiger charge is 2.48. The van der Waals surface area contributed by atoms with Crippen LogP contribution < -0.4 is 10.2 Å². The van der Waals surface area contributed by atoms with E-state index < -0.39 is 11.9 Å². The van der Waals surface area contributed by atoms with Crippen LogP contribution in [0.25, 0.3) is 0 Å². The highest BCUT2D eigenvalue weighted by Crippen LogP contribution is 2.36. The Morgan fingerprint density at radius 3 is 2.21 bits per heavy atom. The van der Waals surface area contributed by atoms with E-state index in [0.29, 0.717) is 37.1 Å². The molecule has 2 aromatic rings. The second-order valence-electron chi connectivity index (χ2n) is 8.72. The molecular formula is C26H25N3O4. The molecule has 3 unspecified atom stereocenters. The molecule has 0 saturated carbocycles. The number of aryl methyl sites for hydroxylation is 1. The Balaban J connectivity index is 1.41. The molecule has 4 amide bonds. The molecule has 2 aliphatic heterocycles. The van der Waals surface area contributed by atoms with Crippen molar-refractivity contribution in [1.82, 2.24) is 4.90 Å². The van der Waals surface area contributed by atoms with Crippen molar-refractivity contribution in [2.24, 2.45) is 11.8 Å². The zero-order valence-corrected chi connectivity index (χ0v) is 18.1. The van der Waals surface area contributed by atoms with Gasteiger partial charge in [0.1, 0.15) is 12.6 Å². The SMILES string of the molecule is O=C(Nc1ccccc1)C1CCc2ccccc2N1C(=O)CN1C(=O)C2CC=CCC2C1=O. The van der Waals surface area contributed by atoms with Gasteiger partial charge in [-0.15, -0.1) is 0 Å². The van der Waals surface area contributed by atoms with Gasteiger partial charge in [0.15, 0.2) is 0 Å². The van der Waals surface area contributed by atoms with Gasteiger partial charge in [-0.2, -0.15) is 0 Å². The molecule has 1 saturated heterocycles. The molecule has 2 heterocycles. The molecular weight excluding hydrogens is 418 g/mol. The maximum Gasteiger partial charge on any atom is 0.247 e. The monoisotopic (exact) mass is 443 g/mol. The minimum atomic E-state index is -0.732. The summed E-state index contributed by atoms with van der Waals surface area (Å²) in [5.41, 5.74) is 2.27. The fourth-order valence-electron chi connectivity index (χ4n) is 5.09. The molecule has 33 heavy (non-hydrogen) atoms. The van der Waals surface area contributed by atoms with Crippen LogP contribution in [-0.4, -0.2) is 41.1 Å². The van der Waals surface area contributed by atoms with Crippen molar-refractivity contribution in [2.45, 2.75) is 31.7 Å². The molecule has 1 N–H and O–H groups in total. The van der Waals surface area contributed by atoms with E-state index in [1.807, 2.05) is 54.6 Å². The van der Waals surface area contributed by atoms with Crippen LogP contribution in [0, 0.1) is 11.8 Å². The van der Waals surface area contributed by atoms with E-state index >= 15 is 0 Å². The number of imide groups is 1. The molecule has 5 rings (SSSR count). The molecule has 0 radical (unpaired) electrons. The molecule has 7 heteroatoms. The first kappa shape index (κ1) is 21.1. The molecule has 0 aromatic heterocycles. The quantitative estimate of drug-likeness (QED) is 0.582. The third kappa shape index (κ3) is 3.84. The summed E-state index contributed by atoms with van der Waals surface area (Å²) in [4.78, 5) is 55.1. The lowest BCUT2D eigenvalue weighted by Crippen LogP contribution is -2.53. The van der Waals surface area contributed by atoms with Crippen LogP contribution in [0.3, 0.4) is 0 Å². The van der Waals surface area contributed by atoms with Gasteiger partial charge in [-0.3, -0.25) is 29.0 Å². The predicted molar refractivity (Wildman–Crippen MR) is 123 cm³/mol. The van der Waals surface area contributed by atoms with Gasteiger partial charge < -0.3 is 5.32 Å². The third-order valence-corrected chi connectivity index (χ3v) is 6.75.